The zero-order chi connectivity index (χ0) is 8.84. The third-order valence-electron chi connectivity index (χ3n) is 3.42. The molecule has 2 nitrogen and oxygen atoms in total. The lowest BCUT2D eigenvalue weighted by atomic mass is 9.92. The number of aromatic amines is 1. The van der Waals surface area contributed by atoms with E-state index < -0.39 is 0 Å². The molecule has 0 saturated carbocycles. The van der Waals surface area contributed by atoms with Crippen molar-refractivity contribution in [3.63, 3.8) is 0 Å². The highest BCUT2D eigenvalue weighted by Gasteiger charge is 2.25. The SMILES string of the molecule is OC1CCc2c([nH]c3c2CCC3)C1. The van der Waals surface area contributed by atoms with Crippen LogP contribution in [0.25, 0.3) is 0 Å². The summed E-state index contributed by atoms with van der Waals surface area (Å²) in [5, 5.41) is 9.53. The molecule has 0 saturated heterocycles. The average molecular weight is 177 g/mol. The summed E-state index contributed by atoms with van der Waals surface area (Å²) in [6, 6.07) is 0. The molecule has 2 N–H and O–H groups in total. The quantitative estimate of drug-likeness (QED) is 0.616. The highest BCUT2D eigenvalue weighted by Crippen LogP contribution is 2.32. The molecule has 2 aliphatic carbocycles. The molecule has 2 heteroatoms. The molecule has 0 fully saturated rings. The maximum absolute atomic E-state index is 9.53. The maximum Gasteiger partial charge on any atom is 0.0598 e. The van der Waals surface area contributed by atoms with Crippen LogP contribution in [0.3, 0.4) is 0 Å². The first-order chi connectivity index (χ1) is 6.34. The molecular formula is C11H15NO. The van der Waals surface area contributed by atoms with Gasteiger partial charge in [-0.2, -0.15) is 0 Å². The number of H-pyrrole nitrogens is 1. The molecule has 1 atom stereocenters. The Hall–Kier alpha value is -0.760. The Balaban J connectivity index is 2.06. The van der Waals surface area contributed by atoms with Crippen LogP contribution in [-0.2, 0) is 25.7 Å². The van der Waals surface area contributed by atoms with Crippen molar-refractivity contribution in [2.45, 2.75) is 44.6 Å². The van der Waals surface area contributed by atoms with Gasteiger partial charge in [0.1, 0.15) is 0 Å². The molecule has 13 heavy (non-hydrogen) atoms. The van der Waals surface area contributed by atoms with Gasteiger partial charge in [0, 0.05) is 17.8 Å². The Morgan fingerprint density at radius 3 is 2.85 bits per heavy atom. The Kier molecular flexibility index (Phi) is 1.53. The summed E-state index contributed by atoms with van der Waals surface area (Å²) in [5.74, 6) is 0. The third kappa shape index (κ3) is 1.05. The van der Waals surface area contributed by atoms with E-state index in [9.17, 15) is 5.11 Å². The Bertz CT molecular complexity index is 340. The number of nitrogens with one attached hydrogen (secondary N) is 1. The molecule has 1 unspecified atom stereocenters. The number of rotatable bonds is 0. The van der Waals surface area contributed by atoms with Gasteiger partial charge < -0.3 is 10.1 Å². The van der Waals surface area contributed by atoms with Crippen molar-refractivity contribution in [3.05, 3.63) is 22.5 Å². The molecule has 0 amide bonds. The van der Waals surface area contributed by atoms with Crippen LogP contribution in [0, 0.1) is 0 Å². The molecule has 0 aromatic carbocycles. The van der Waals surface area contributed by atoms with Crippen molar-refractivity contribution in [1.82, 2.24) is 4.98 Å². The lowest BCUT2D eigenvalue weighted by Gasteiger charge is -2.17. The van der Waals surface area contributed by atoms with E-state index in [1.807, 2.05) is 0 Å². The maximum atomic E-state index is 9.53. The molecule has 1 aromatic heterocycles. The van der Waals surface area contributed by atoms with Crippen molar-refractivity contribution in [2.24, 2.45) is 0 Å². The topological polar surface area (TPSA) is 36.0 Å². The van der Waals surface area contributed by atoms with Crippen LogP contribution in [0.5, 0.6) is 0 Å². The van der Waals surface area contributed by atoms with Gasteiger partial charge in [-0.3, -0.25) is 0 Å². The second-order valence-corrected chi connectivity index (χ2v) is 4.29. The van der Waals surface area contributed by atoms with Crippen molar-refractivity contribution >= 4 is 0 Å². The first-order valence-electron chi connectivity index (χ1n) is 5.24. The van der Waals surface area contributed by atoms with Crippen molar-refractivity contribution in [1.29, 1.82) is 0 Å². The molecule has 2 aliphatic rings. The predicted molar refractivity (Wildman–Crippen MR) is 50.8 cm³/mol. The second kappa shape index (κ2) is 2.61. The van der Waals surface area contributed by atoms with E-state index in [-0.39, 0.29) is 6.10 Å². The number of aliphatic hydroxyl groups excluding tert-OH is 1. The standard InChI is InChI=1S/C11H15NO/c13-7-4-5-9-8-2-1-3-10(8)12-11(9)6-7/h7,12-13H,1-6H2. The van der Waals surface area contributed by atoms with Gasteiger partial charge in [0.2, 0.25) is 0 Å². The Labute approximate surface area is 78.0 Å². The molecule has 3 rings (SSSR count). The first kappa shape index (κ1) is 7.63. The largest absolute Gasteiger partial charge is 0.393 e. The van der Waals surface area contributed by atoms with Gasteiger partial charge in [-0.1, -0.05) is 0 Å². The summed E-state index contributed by atoms with van der Waals surface area (Å²) in [5.41, 5.74) is 5.90. The van der Waals surface area contributed by atoms with E-state index in [1.54, 1.807) is 5.56 Å². The van der Waals surface area contributed by atoms with Gasteiger partial charge in [0.25, 0.3) is 0 Å². The van der Waals surface area contributed by atoms with Crippen LogP contribution < -0.4 is 0 Å². The summed E-state index contributed by atoms with van der Waals surface area (Å²) in [4.78, 5) is 3.48. The molecular weight excluding hydrogens is 162 g/mol. The van der Waals surface area contributed by atoms with E-state index >= 15 is 0 Å². The van der Waals surface area contributed by atoms with E-state index in [4.69, 9.17) is 0 Å². The normalized spacial score (nSPS) is 25.8. The van der Waals surface area contributed by atoms with Crippen LogP contribution in [0.15, 0.2) is 0 Å². The summed E-state index contributed by atoms with van der Waals surface area (Å²) in [7, 11) is 0. The first-order valence-corrected chi connectivity index (χ1v) is 5.24. The van der Waals surface area contributed by atoms with Gasteiger partial charge in [0.05, 0.1) is 6.10 Å². The fourth-order valence-electron chi connectivity index (χ4n) is 2.78. The lowest BCUT2D eigenvalue weighted by Crippen LogP contribution is -2.18. The van der Waals surface area contributed by atoms with Crippen LogP contribution in [0.2, 0.25) is 0 Å². The fourth-order valence-corrected chi connectivity index (χ4v) is 2.78. The minimum atomic E-state index is -0.105. The van der Waals surface area contributed by atoms with E-state index in [0.29, 0.717) is 0 Å². The number of hydrogen-bond acceptors (Lipinski definition) is 1. The van der Waals surface area contributed by atoms with Crippen LogP contribution in [0.4, 0.5) is 0 Å². The predicted octanol–water partition coefficient (Wildman–Crippen LogP) is 1.35. The third-order valence-corrected chi connectivity index (χ3v) is 3.42. The lowest BCUT2D eigenvalue weighted by molar-refractivity contribution is 0.157. The molecule has 0 radical (unpaired) electrons. The van der Waals surface area contributed by atoms with Crippen LogP contribution >= 0.6 is 0 Å². The summed E-state index contributed by atoms with van der Waals surface area (Å²) < 4.78 is 0. The number of aromatic nitrogens is 1. The fraction of sp³-hybridized carbons (Fsp3) is 0.636. The van der Waals surface area contributed by atoms with E-state index in [2.05, 4.69) is 4.98 Å². The summed E-state index contributed by atoms with van der Waals surface area (Å²) in [6.07, 6.45) is 6.58. The summed E-state index contributed by atoms with van der Waals surface area (Å²) in [6.45, 7) is 0. The molecule has 0 aliphatic heterocycles. The molecule has 1 aromatic rings. The van der Waals surface area contributed by atoms with Gasteiger partial charge in [-0.25, -0.2) is 0 Å². The number of hydrogen-bond donors (Lipinski definition) is 2. The Morgan fingerprint density at radius 2 is 1.92 bits per heavy atom. The minimum Gasteiger partial charge on any atom is -0.393 e. The van der Waals surface area contributed by atoms with Gasteiger partial charge >= 0.3 is 0 Å². The number of aryl methyl sites for hydroxylation is 1. The van der Waals surface area contributed by atoms with Gasteiger partial charge in [-0.05, 0) is 43.2 Å². The number of fused-ring (bicyclic) bond motifs is 3. The average Bonchev–Trinajstić information content (AvgIpc) is 2.62. The molecule has 70 valence electrons. The van der Waals surface area contributed by atoms with E-state index in [1.165, 1.54) is 36.2 Å². The smallest absolute Gasteiger partial charge is 0.0598 e. The second-order valence-electron chi connectivity index (χ2n) is 4.29. The van der Waals surface area contributed by atoms with Crippen molar-refractivity contribution in [3.8, 4) is 0 Å². The zero-order valence-electron chi connectivity index (χ0n) is 7.77. The monoisotopic (exact) mass is 177 g/mol. The summed E-state index contributed by atoms with van der Waals surface area (Å²) >= 11 is 0. The molecule has 1 heterocycles. The highest BCUT2D eigenvalue weighted by atomic mass is 16.3. The number of aliphatic hydroxyl groups is 1. The minimum absolute atomic E-state index is 0.105. The van der Waals surface area contributed by atoms with Gasteiger partial charge in [-0.15, -0.1) is 0 Å². The van der Waals surface area contributed by atoms with Crippen molar-refractivity contribution in [2.75, 3.05) is 0 Å². The highest BCUT2D eigenvalue weighted by molar-refractivity contribution is 5.41. The Morgan fingerprint density at radius 1 is 1.08 bits per heavy atom. The van der Waals surface area contributed by atoms with Crippen LogP contribution in [0.1, 0.15) is 35.4 Å². The zero-order valence-corrected chi connectivity index (χ0v) is 7.77. The molecule has 0 spiro atoms. The van der Waals surface area contributed by atoms with Gasteiger partial charge in [0.15, 0.2) is 0 Å². The van der Waals surface area contributed by atoms with Crippen LogP contribution in [-0.4, -0.2) is 16.2 Å². The van der Waals surface area contributed by atoms with E-state index in [0.717, 1.165) is 19.3 Å². The molecule has 0 bridgehead atoms. The van der Waals surface area contributed by atoms with Crippen molar-refractivity contribution < 1.29 is 5.11 Å².